The topological polar surface area (TPSA) is 6.48 Å². The summed E-state index contributed by atoms with van der Waals surface area (Å²) in [5.74, 6) is 19.9. The van der Waals surface area contributed by atoms with Gasteiger partial charge in [-0.15, -0.1) is 35.5 Å². The molecular formula is C18H24N2. The van der Waals surface area contributed by atoms with Gasteiger partial charge in [-0.3, -0.25) is 0 Å². The highest BCUT2D eigenvalue weighted by Gasteiger charge is 2.04. The van der Waals surface area contributed by atoms with Crippen LogP contribution in [0.4, 0.5) is 0 Å². The lowest BCUT2D eigenvalue weighted by Gasteiger charge is -2.20. The van der Waals surface area contributed by atoms with Gasteiger partial charge in [-0.1, -0.05) is 0 Å². The zero-order chi connectivity index (χ0) is 13.9. The molecule has 0 saturated heterocycles. The molecule has 3 aliphatic rings. The van der Waals surface area contributed by atoms with E-state index in [0.717, 1.165) is 77.8 Å². The molecule has 0 radical (unpaired) electrons. The summed E-state index contributed by atoms with van der Waals surface area (Å²) in [4.78, 5) is 4.92. The summed E-state index contributed by atoms with van der Waals surface area (Å²) in [5, 5.41) is 0. The molecule has 0 unspecified atom stereocenters. The molecule has 0 aliphatic carbocycles. The first-order valence-corrected chi connectivity index (χ1v) is 7.77. The molecule has 2 bridgehead atoms. The SMILES string of the molecule is C1#CCCN2CCC#CCCN(CC1)CCC#CCC2. The van der Waals surface area contributed by atoms with Gasteiger partial charge >= 0.3 is 0 Å². The van der Waals surface area contributed by atoms with E-state index in [1.165, 1.54) is 0 Å². The van der Waals surface area contributed by atoms with E-state index in [1.54, 1.807) is 0 Å². The van der Waals surface area contributed by atoms with E-state index in [1.807, 2.05) is 0 Å². The highest BCUT2D eigenvalue weighted by molar-refractivity contribution is 5.04. The predicted molar refractivity (Wildman–Crippen MR) is 83.9 cm³/mol. The molecule has 0 saturated carbocycles. The fourth-order valence-electron chi connectivity index (χ4n) is 2.49. The summed E-state index contributed by atoms with van der Waals surface area (Å²) in [5.41, 5.74) is 0. The first-order valence-electron chi connectivity index (χ1n) is 7.77. The van der Waals surface area contributed by atoms with Crippen molar-refractivity contribution in [3.05, 3.63) is 0 Å². The quantitative estimate of drug-likeness (QED) is 0.620. The summed E-state index contributed by atoms with van der Waals surface area (Å²) in [6.45, 7) is 6.33. The Morgan fingerprint density at radius 3 is 0.750 bits per heavy atom. The smallest absolute Gasteiger partial charge is 0.0217 e. The Morgan fingerprint density at radius 1 is 0.350 bits per heavy atom. The summed E-state index contributed by atoms with van der Waals surface area (Å²) < 4.78 is 0. The van der Waals surface area contributed by atoms with Gasteiger partial charge in [-0.2, -0.15) is 0 Å². The van der Waals surface area contributed by atoms with E-state index in [4.69, 9.17) is 0 Å². The molecule has 0 amide bonds. The molecule has 2 heteroatoms. The van der Waals surface area contributed by atoms with E-state index >= 15 is 0 Å². The van der Waals surface area contributed by atoms with Crippen molar-refractivity contribution in [2.75, 3.05) is 39.3 Å². The normalized spacial score (nSPS) is 27.6. The van der Waals surface area contributed by atoms with Gasteiger partial charge in [0.25, 0.3) is 0 Å². The van der Waals surface area contributed by atoms with Gasteiger partial charge in [0.1, 0.15) is 0 Å². The lowest BCUT2D eigenvalue weighted by Crippen LogP contribution is -2.28. The fraction of sp³-hybridized carbons (Fsp3) is 0.667. The van der Waals surface area contributed by atoms with Crippen LogP contribution in [0.2, 0.25) is 0 Å². The van der Waals surface area contributed by atoms with Crippen LogP contribution in [0.5, 0.6) is 0 Å². The van der Waals surface area contributed by atoms with Gasteiger partial charge in [-0.05, 0) is 0 Å². The highest BCUT2D eigenvalue weighted by Crippen LogP contribution is 2.00. The minimum Gasteiger partial charge on any atom is -0.300 e. The Labute approximate surface area is 123 Å². The Kier molecular flexibility index (Phi) is 7.12. The average molecular weight is 268 g/mol. The minimum atomic E-state index is 0.973. The van der Waals surface area contributed by atoms with Gasteiger partial charge in [0, 0.05) is 77.8 Å². The maximum absolute atomic E-state index is 3.32. The lowest BCUT2D eigenvalue weighted by atomic mass is 10.2. The van der Waals surface area contributed by atoms with Crippen LogP contribution >= 0.6 is 0 Å². The van der Waals surface area contributed by atoms with E-state index in [0.29, 0.717) is 0 Å². The molecule has 3 aliphatic heterocycles. The molecule has 3 heterocycles. The van der Waals surface area contributed by atoms with Crippen molar-refractivity contribution in [1.29, 1.82) is 0 Å². The molecule has 0 aromatic carbocycles. The molecule has 20 heavy (non-hydrogen) atoms. The van der Waals surface area contributed by atoms with Crippen molar-refractivity contribution in [2.45, 2.75) is 38.5 Å². The third-order valence-corrected chi connectivity index (χ3v) is 3.69. The van der Waals surface area contributed by atoms with Gasteiger partial charge in [0.05, 0.1) is 0 Å². The standard InChI is InChI=1S/C18H24N2/c1-2-8-14-20-17-11-5-3-9-15-19(13-7-1)16-10-4-6-12-18-20/h7-18H2. The molecule has 0 aromatic rings. The third kappa shape index (κ3) is 6.16. The molecule has 0 atom stereocenters. The number of hydrogen-bond donors (Lipinski definition) is 0. The van der Waals surface area contributed by atoms with Crippen molar-refractivity contribution in [3.8, 4) is 35.5 Å². The number of hydrogen-bond acceptors (Lipinski definition) is 2. The predicted octanol–water partition coefficient (Wildman–Crippen LogP) is 1.97. The van der Waals surface area contributed by atoms with E-state index in [2.05, 4.69) is 45.3 Å². The van der Waals surface area contributed by atoms with Crippen LogP contribution in [0.3, 0.4) is 0 Å². The van der Waals surface area contributed by atoms with Crippen molar-refractivity contribution in [3.63, 3.8) is 0 Å². The van der Waals surface area contributed by atoms with Crippen LogP contribution in [0, 0.1) is 35.5 Å². The maximum Gasteiger partial charge on any atom is 0.0217 e. The van der Waals surface area contributed by atoms with E-state index < -0.39 is 0 Å². The second-order valence-corrected chi connectivity index (χ2v) is 5.24. The molecule has 3 rings (SSSR count). The second-order valence-electron chi connectivity index (χ2n) is 5.24. The van der Waals surface area contributed by atoms with E-state index in [-0.39, 0.29) is 0 Å². The summed E-state index contributed by atoms with van der Waals surface area (Å²) >= 11 is 0. The van der Waals surface area contributed by atoms with Crippen LogP contribution in [-0.2, 0) is 0 Å². The highest BCUT2D eigenvalue weighted by atomic mass is 15.1. The maximum atomic E-state index is 3.32. The molecule has 0 spiro atoms. The van der Waals surface area contributed by atoms with Gasteiger partial charge in [-0.25, -0.2) is 0 Å². The van der Waals surface area contributed by atoms with Crippen molar-refractivity contribution >= 4 is 0 Å². The van der Waals surface area contributed by atoms with Crippen LogP contribution in [0.25, 0.3) is 0 Å². The van der Waals surface area contributed by atoms with Crippen LogP contribution in [0.1, 0.15) is 38.5 Å². The van der Waals surface area contributed by atoms with Gasteiger partial charge in [0.2, 0.25) is 0 Å². The Balaban J connectivity index is 2.07. The number of rotatable bonds is 0. The van der Waals surface area contributed by atoms with Crippen LogP contribution in [-0.4, -0.2) is 49.1 Å². The Morgan fingerprint density at radius 2 is 0.550 bits per heavy atom. The minimum absolute atomic E-state index is 0.973. The average Bonchev–Trinajstić information content (AvgIpc) is 2.47. The number of nitrogens with zero attached hydrogens (tertiary/aromatic N) is 2. The van der Waals surface area contributed by atoms with Crippen molar-refractivity contribution < 1.29 is 0 Å². The monoisotopic (exact) mass is 268 g/mol. The lowest BCUT2D eigenvalue weighted by molar-refractivity contribution is 0.289. The molecule has 0 aromatic heterocycles. The second kappa shape index (κ2) is 9.50. The molecule has 2 nitrogen and oxygen atoms in total. The van der Waals surface area contributed by atoms with Crippen LogP contribution < -0.4 is 0 Å². The Hall–Kier alpha value is -1.40. The van der Waals surface area contributed by atoms with Gasteiger partial charge in [0.15, 0.2) is 0 Å². The molecular weight excluding hydrogens is 244 g/mol. The molecule has 0 N–H and O–H groups in total. The number of fused-ring (bicyclic) bond motifs is 12. The Bertz CT molecular complexity index is 354. The first kappa shape index (κ1) is 15.0. The zero-order valence-corrected chi connectivity index (χ0v) is 12.4. The molecule has 106 valence electrons. The zero-order valence-electron chi connectivity index (χ0n) is 12.4. The van der Waals surface area contributed by atoms with E-state index in [9.17, 15) is 0 Å². The first-order chi connectivity index (χ1) is 9.95. The summed E-state index contributed by atoms with van der Waals surface area (Å²) in [7, 11) is 0. The van der Waals surface area contributed by atoms with Gasteiger partial charge < -0.3 is 9.80 Å². The largest absolute Gasteiger partial charge is 0.300 e. The third-order valence-electron chi connectivity index (χ3n) is 3.69. The van der Waals surface area contributed by atoms with Crippen LogP contribution in [0.15, 0.2) is 0 Å². The summed E-state index contributed by atoms with van der Waals surface area (Å²) in [6.07, 6.45) is 5.84. The van der Waals surface area contributed by atoms with Crippen molar-refractivity contribution in [1.82, 2.24) is 9.80 Å². The molecule has 0 fully saturated rings. The fourth-order valence-corrected chi connectivity index (χ4v) is 2.49. The summed E-state index contributed by atoms with van der Waals surface area (Å²) in [6, 6.07) is 0. The van der Waals surface area contributed by atoms with Crippen molar-refractivity contribution in [2.24, 2.45) is 0 Å².